The number of ether oxygens (including phenoxy) is 1. The van der Waals surface area contributed by atoms with E-state index in [-0.39, 0.29) is 19.1 Å². The Labute approximate surface area is 244 Å². The van der Waals surface area contributed by atoms with Gasteiger partial charge in [0.1, 0.15) is 25.0 Å². The van der Waals surface area contributed by atoms with Crippen molar-refractivity contribution in [1.82, 2.24) is 4.57 Å². The van der Waals surface area contributed by atoms with E-state index in [2.05, 4.69) is 5.32 Å². The van der Waals surface area contributed by atoms with Gasteiger partial charge in [-0.1, -0.05) is 87.8 Å². The molecule has 192 valence electrons. The number of aromatic nitrogens is 2. The maximum atomic E-state index is 12.6. The number of hydrogen-bond acceptors (Lipinski definition) is 2. The van der Waals surface area contributed by atoms with Crippen molar-refractivity contribution in [3.63, 3.8) is 0 Å². The molecular weight excluding hydrogens is 599 g/mol. The molecule has 5 nitrogen and oxygen atoms in total. The van der Waals surface area contributed by atoms with Crippen LogP contribution in [0, 0.1) is 0 Å². The smallest absolute Gasteiger partial charge is 0.266 e. The first-order valence-corrected chi connectivity index (χ1v) is 13.3. The Morgan fingerprint density at radius 2 is 1.57 bits per heavy atom. The van der Waals surface area contributed by atoms with Gasteiger partial charge < -0.3 is 10.1 Å². The third kappa shape index (κ3) is 7.55. The second-order valence-electron chi connectivity index (χ2n) is 8.13. The summed E-state index contributed by atoms with van der Waals surface area (Å²) >= 11 is 37.3. The van der Waals surface area contributed by atoms with Crippen LogP contribution in [-0.2, 0) is 29.2 Å². The van der Waals surface area contributed by atoms with Gasteiger partial charge in [0.2, 0.25) is 6.33 Å². The Kier molecular flexibility index (Phi) is 9.65. The monoisotopic (exact) mass is 616 g/mol. The van der Waals surface area contributed by atoms with Crippen molar-refractivity contribution in [2.75, 3.05) is 5.32 Å². The Morgan fingerprint density at radius 3 is 2.24 bits per heavy atom. The van der Waals surface area contributed by atoms with Gasteiger partial charge in [-0.15, -0.1) is 0 Å². The average molecular weight is 619 g/mol. The van der Waals surface area contributed by atoms with E-state index < -0.39 is 6.10 Å². The summed E-state index contributed by atoms with van der Waals surface area (Å²) in [5, 5.41) is 5.55. The second-order valence-corrected chi connectivity index (χ2v) is 10.6. The van der Waals surface area contributed by atoms with Crippen LogP contribution >= 0.6 is 69.6 Å². The molecule has 37 heavy (non-hydrogen) atoms. The lowest BCUT2D eigenvalue weighted by atomic mass is 10.1. The van der Waals surface area contributed by atoms with Gasteiger partial charge in [0.15, 0.2) is 6.54 Å². The molecule has 0 aliphatic heterocycles. The molecule has 3 aromatic carbocycles. The molecular formula is C26H20Cl6N3O2+. The summed E-state index contributed by atoms with van der Waals surface area (Å²) in [4.78, 5) is 12.6. The highest BCUT2D eigenvalue weighted by Crippen LogP contribution is 2.32. The molecule has 0 radical (unpaired) electrons. The van der Waals surface area contributed by atoms with Crippen LogP contribution in [0.1, 0.15) is 17.2 Å². The highest BCUT2D eigenvalue weighted by Gasteiger charge is 2.21. The summed E-state index contributed by atoms with van der Waals surface area (Å²) in [5.41, 5.74) is 1.93. The lowest BCUT2D eigenvalue weighted by molar-refractivity contribution is -0.683. The standard InChI is InChI=1S/C26H19Cl6N3O2/c27-17-5-4-16(22(31)10-17)14-37-24(19-7-6-18(28)11-23(19)32)12-34-8-9-35(15-34)13-25(36)33-26-20(29)2-1-3-21(26)30/h1-11,15,24H,12-14H2/p+1. The fraction of sp³-hybridized carbons (Fsp3) is 0.154. The predicted molar refractivity (Wildman–Crippen MR) is 150 cm³/mol. The molecule has 4 rings (SSSR count). The number of hydrogen-bond donors (Lipinski definition) is 1. The van der Waals surface area contributed by atoms with Crippen LogP contribution in [0.15, 0.2) is 73.3 Å². The van der Waals surface area contributed by atoms with Crippen LogP contribution in [0.4, 0.5) is 5.69 Å². The van der Waals surface area contributed by atoms with Crippen molar-refractivity contribution in [1.29, 1.82) is 0 Å². The third-order valence-electron chi connectivity index (χ3n) is 5.44. The number of rotatable bonds is 9. The number of carbonyl (C=O) groups excluding carboxylic acids is 1. The van der Waals surface area contributed by atoms with E-state index in [1.54, 1.807) is 59.6 Å². The van der Waals surface area contributed by atoms with Crippen molar-refractivity contribution in [3.05, 3.63) is 115 Å². The normalized spacial score (nSPS) is 11.9. The first kappa shape index (κ1) is 28.1. The zero-order valence-corrected chi connectivity index (χ0v) is 23.6. The minimum absolute atomic E-state index is 0.0577. The third-order valence-corrected chi connectivity index (χ3v) is 7.22. The summed E-state index contributed by atoms with van der Waals surface area (Å²) < 4.78 is 9.89. The lowest BCUT2D eigenvalue weighted by Gasteiger charge is -2.19. The zero-order chi connectivity index (χ0) is 26.5. The van der Waals surface area contributed by atoms with Crippen LogP contribution in [0.3, 0.4) is 0 Å². The SMILES string of the molecule is O=C(C[n+]1ccn(CC(OCc2ccc(Cl)cc2Cl)c2ccc(Cl)cc2Cl)c1)Nc1c(Cl)cccc1Cl. The number of imidazole rings is 1. The van der Waals surface area contributed by atoms with Gasteiger partial charge in [-0.25, -0.2) is 9.13 Å². The zero-order valence-electron chi connectivity index (χ0n) is 19.1. The Balaban J connectivity index is 1.48. The molecule has 0 aliphatic rings. The maximum Gasteiger partial charge on any atom is 0.266 e. The molecule has 0 spiro atoms. The highest BCUT2D eigenvalue weighted by molar-refractivity contribution is 6.39. The van der Waals surface area contributed by atoms with Gasteiger partial charge in [0, 0.05) is 25.7 Å². The van der Waals surface area contributed by atoms with Crippen LogP contribution < -0.4 is 9.88 Å². The Morgan fingerprint density at radius 1 is 0.892 bits per heavy atom. The van der Waals surface area contributed by atoms with Crippen molar-refractivity contribution in [2.45, 2.75) is 25.8 Å². The highest BCUT2D eigenvalue weighted by atomic mass is 35.5. The molecule has 0 aliphatic carbocycles. The van der Waals surface area contributed by atoms with Crippen molar-refractivity contribution < 1.29 is 14.1 Å². The number of benzene rings is 3. The average Bonchev–Trinajstić information content (AvgIpc) is 3.27. The number of anilines is 1. The fourth-order valence-corrected chi connectivity index (χ4v) is 5.11. The minimum atomic E-state index is -0.437. The van der Waals surface area contributed by atoms with E-state index in [9.17, 15) is 4.79 Å². The molecule has 1 aromatic heterocycles. The topological polar surface area (TPSA) is 47.1 Å². The van der Waals surface area contributed by atoms with Crippen LogP contribution in [-0.4, -0.2) is 10.5 Å². The van der Waals surface area contributed by atoms with E-state index in [0.29, 0.717) is 42.4 Å². The number of para-hydroxylation sites is 1. The Bertz CT molecular complexity index is 1410. The number of nitrogens with one attached hydrogen (secondary N) is 1. The van der Waals surface area contributed by atoms with Crippen LogP contribution in [0.25, 0.3) is 0 Å². The van der Waals surface area contributed by atoms with Crippen molar-refractivity contribution in [2.24, 2.45) is 0 Å². The molecule has 4 aromatic rings. The van der Waals surface area contributed by atoms with Gasteiger partial charge in [0.05, 0.1) is 22.3 Å². The first-order valence-electron chi connectivity index (χ1n) is 11.0. The molecule has 0 saturated carbocycles. The maximum absolute atomic E-state index is 12.6. The molecule has 0 fully saturated rings. The molecule has 0 saturated heterocycles. The van der Waals surface area contributed by atoms with Gasteiger partial charge in [-0.2, -0.15) is 0 Å². The lowest BCUT2D eigenvalue weighted by Crippen LogP contribution is -2.38. The molecule has 1 unspecified atom stereocenters. The molecule has 1 atom stereocenters. The molecule has 1 N–H and O–H groups in total. The van der Waals surface area contributed by atoms with E-state index in [0.717, 1.165) is 11.1 Å². The second kappa shape index (κ2) is 12.7. The van der Waals surface area contributed by atoms with E-state index >= 15 is 0 Å². The number of nitrogens with zero attached hydrogens (tertiary/aromatic N) is 2. The van der Waals surface area contributed by atoms with Gasteiger partial charge >= 0.3 is 0 Å². The summed E-state index contributed by atoms with van der Waals surface area (Å²) in [5.74, 6) is -0.274. The minimum Gasteiger partial charge on any atom is -0.365 e. The Hall–Kier alpha value is -1.96. The molecule has 1 heterocycles. The van der Waals surface area contributed by atoms with Crippen molar-refractivity contribution >= 4 is 81.2 Å². The number of halogens is 6. The van der Waals surface area contributed by atoms with Crippen molar-refractivity contribution in [3.8, 4) is 0 Å². The summed E-state index contributed by atoms with van der Waals surface area (Å²) in [6, 6.07) is 15.5. The molecule has 11 heteroatoms. The first-order chi connectivity index (χ1) is 17.7. The largest absolute Gasteiger partial charge is 0.365 e. The van der Waals surface area contributed by atoms with Crippen LogP contribution in [0.2, 0.25) is 30.1 Å². The van der Waals surface area contributed by atoms with E-state index in [4.69, 9.17) is 74.3 Å². The molecule has 1 amide bonds. The summed E-state index contributed by atoms with van der Waals surface area (Å²) in [7, 11) is 0. The summed E-state index contributed by atoms with van der Waals surface area (Å²) in [6.45, 7) is 0.710. The molecule has 0 bridgehead atoms. The van der Waals surface area contributed by atoms with Gasteiger partial charge in [-0.3, -0.25) is 4.79 Å². The number of carbonyl (C=O) groups is 1. The van der Waals surface area contributed by atoms with Gasteiger partial charge in [0.25, 0.3) is 5.91 Å². The van der Waals surface area contributed by atoms with Crippen LogP contribution in [0.5, 0.6) is 0 Å². The summed E-state index contributed by atoms with van der Waals surface area (Å²) in [6.07, 6.45) is 4.98. The number of amides is 1. The van der Waals surface area contributed by atoms with E-state index in [1.807, 2.05) is 22.9 Å². The quantitative estimate of drug-likeness (QED) is 0.192. The fourth-order valence-electron chi connectivity index (χ4n) is 3.63. The predicted octanol–water partition coefficient (Wildman–Crippen LogP) is 8.29. The van der Waals surface area contributed by atoms with E-state index in [1.165, 1.54) is 0 Å². The van der Waals surface area contributed by atoms with Gasteiger partial charge in [-0.05, 0) is 42.0 Å².